The number of carbonyl (C=O) groups is 2. The lowest BCUT2D eigenvalue weighted by atomic mass is 9.80. The molecule has 0 bridgehead atoms. The summed E-state index contributed by atoms with van der Waals surface area (Å²) in [5.74, 6) is -0.302. The molecule has 0 spiro atoms. The molecular formula is C33H26INO4. The maximum absolute atomic E-state index is 13.7. The summed E-state index contributed by atoms with van der Waals surface area (Å²) in [5, 5.41) is 5.69. The first kappa shape index (κ1) is 25.4. The van der Waals surface area contributed by atoms with Crippen molar-refractivity contribution in [2.45, 2.75) is 26.4 Å². The first-order valence-corrected chi connectivity index (χ1v) is 14.0. The number of fused-ring (bicyclic) bond motifs is 3. The van der Waals surface area contributed by atoms with Crippen LogP contribution >= 0.6 is 22.6 Å². The summed E-state index contributed by atoms with van der Waals surface area (Å²) in [4.78, 5) is 26.9. The third-order valence-corrected chi connectivity index (χ3v) is 8.14. The number of nitrogens with one attached hydrogen (secondary N) is 1. The molecule has 1 atom stereocenters. The summed E-state index contributed by atoms with van der Waals surface area (Å²) in [7, 11) is 0. The van der Waals surface area contributed by atoms with Gasteiger partial charge in [0.05, 0.1) is 21.4 Å². The van der Waals surface area contributed by atoms with Crippen molar-refractivity contribution in [1.29, 1.82) is 0 Å². The normalized spacial score (nSPS) is 16.2. The Morgan fingerprint density at radius 2 is 1.69 bits per heavy atom. The second-order valence-corrected chi connectivity index (χ2v) is 10.8. The Labute approximate surface area is 240 Å². The monoisotopic (exact) mass is 627 g/mol. The molecule has 2 aliphatic rings. The Kier molecular flexibility index (Phi) is 6.73. The van der Waals surface area contributed by atoms with Gasteiger partial charge in [-0.3, -0.25) is 4.79 Å². The van der Waals surface area contributed by atoms with E-state index in [2.05, 4.69) is 52.2 Å². The van der Waals surface area contributed by atoms with E-state index in [1.165, 1.54) is 10.8 Å². The van der Waals surface area contributed by atoms with E-state index in [9.17, 15) is 9.59 Å². The fourth-order valence-electron chi connectivity index (χ4n) is 5.53. The molecule has 0 fully saturated rings. The zero-order valence-corrected chi connectivity index (χ0v) is 23.7. The van der Waals surface area contributed by atoms with Gasteiger partial charge in [0.25, 0.3) is 0 Å². The average Bonchev–Trinajstić information content (AvgIpc) is 3.23. The Balaban J connectivity index is 1.37. The highest BCUT2D eigenvalue weighted by Crippen LogP contribution is 2.47. The number of ketones is 1. The number of Topliss-reactive ketones (excluding diaryl/α,β-unsaturated/α-hetero) is 1. The Bertz CT molecular complexity index is 1710. The fraction of sp³-hybridized carbons (Fsp3) is 0.152. The van der Waals surface area contributed by atoms with Crippen LogP contribution in [0.1, 0.15) is 46.8 Å². The number of hydrogen-bond donors (Lipinski definition) is 1. The highest BCUT2D eigenvalue weighted by atomic mass is 127. The van der Waals surface area contributed by atoms with E-state index < -0.39 is 11.9 Å². The predicted molar refractivity (Wildman–Crippen MR) is 160 cm³/mol. The topological polar surface area (TPSA) is 64.6 Å². The summed E-state index contributed by atoms with van der Waals surface area (Å²) < 4.78 is 12.6. The number of dihydropyridines is 1. The molecule has 0 unspecified atom stereocenters. The summed E-state index contributed by atoms with van der Waals surface area (Å²) in [5.41, 5.74) is 5.93. The van der Waals surface area contributed by atoms with E-state index in [-0.39, 0.29) is 12.4 Å². The van der Waals surface area contributed by atoms with Gasteiger partial charge in [-0.05, 0) is 70.5 Å². The van der Waals surface area contributed by atoms with Crippen molar-refractivity contribution < 1.29 is 19.1 Å². The van der Waals surface area contributed by atoms with Crippen LogP contribution in [0, 0.1) is 3.57 Å². The molecular weight excluding hydrogens is 601 g/mol. The van der Waals surface area contributed by atoms with E-state index >= 15 is 0 Å². The second kappa shape index (κ2) is 10.3. The fourth-order valence-corrected chi connectivity index (χ4v) is 6.22. The van der Waals surface area contributed by atoms with Crippen LogP contribution in [-0.4, -0.2) is 18.4 Å². The number of benzene rings is 4. The van der Waals surface area contributed by atoms with Gasteiger partial charge in [-0.2, -0.15) is 0 Å². The molecule has 0 saturated carbocycles. The van der Waals surface area contributed by atoms with Gasteiger partial charge in [-0.25, -0.2) is 4.79 Å². The predicted octanol–water partition coefficient (Wildman–Crippen LogP) is 7.15. The molecule has 0 saturated heterocycles. The minimum Gasteiger partial charge on any atom is -0.488 e. The molecule has 4 aromatic carbocycles. The van der Waals surface area contributed by atoms with E-state index in [1.54, 1.807) is 6.92 Å². The summed E-state index contributed by atoms with van der Waals surface area (Å²) in [6.07, 6.45) is 0. The zero-order chi connectivity index (χ0) is 27.1. The quantitative estimate of drug-likeness (QED) is 0.182. The number of rotatable bonds is 6. The Hall–Kier alpha value is -3.91. The Morgan fingerprint density at radius 1 is 0.949 bits per heavy atom. The van der Waals surface area contributed by atoms with Gasteiger partial charge >= 0.3 is 5.97 Å². The van der Waals surface area contributed by atoms with Crippen molar-refractivity contribution in [3.63, 3.8) is 0 Å². The van der Waals surface area contributed by atoms with Gasteiger partial charge in [-0.15, -0.1) is 0 Å². The molecule has 39 heavy (non-hydrogen) atoms. The van der Waals surface area contributed by atoms with Crippen molar-refractivity contribution in [2.24, 2.45) is 0 Å². The van der Waals surface area contributed by atoms with E-state index in [1.807, 2.05) is 67.6 Å². The van der Waals surface area contributed by atoms with Crippen molar-refractivity contribution in [2.75, 3.05) is 6.61 Å². The summed E-state index contributed by atoms with van der Waals surface area (Å²) in [6.45, 7) is 4.33. The second-order valence-electron chi connectivity index (χ2n) is 9.60. The van der Waals surface area contributed by atoms with Gasteiger partial charge in [0.1, 0.15) is 12.4 Å². The maximum atomic E-state index is 13.7. The molecule has 0 radical (unpaired) electrons. The van der Waals surface area contributed by atoms with Crippen LogP contribution in [-0.2, 0) is 16.1 Å². The zero-order valence-electron chi connectivity index (χ0n) is 21.6. The molecule has 1 heterocycles. The molecule has 6 rings (SSSR count). The van der Waals surface area contributed by atoms with Gasteiger partial charge in [0.15, 0.2) is 5.78 Å². The Morgan fingerprint density at radius 3 is 2.49 bits per heavy atom. The standard InChI is InChI=1S/C33H26INO4/c1-3-38-33(37)28-19(2)35-31-24-13-6-7-14-25(24)32(36)30(31)29(28)21-15-16-27(26(34)17-21)39-18-22-11-8-10-20-9-4-5-12-23(20)22/h4-17,29,35H,3,18H2,1-2H3/t29-/m0/s1. The van der Waals surface area contributed by atoms with Gasteiger partial charge in [0.2, 0.25) is 0 Å². The highest BCUT2D eigenvalue weighted by molar-refractivity contribution is 14.1. The highest BCUT2D eigenvalue weighted by Gasteiger charge is 2.43. The first-order valence-electron chi connectivity index (χ1n) is 12.9. The smallest absolute Gasteiger partial charge is 0.336 e. The largest absolute Gasteiger partial charge is 0.488 e. The van der Waals surface area contributed by atoms with Crippen LogP contribution in [0.4, 0.5) is 0 Å². The molecule has 1 aliphatic heterocycles. The molecule has 1 aliphatic carbocycles. The maximum Gasteiger partial charge on any atom is 0.336 e. The molecule has 194 valence electrons. The minimum absolute atomic E-state index is 0.0707. The van der Waals surface area contributed by atoms with Gasteiger partial charge in [-0.1, -0.05) is 72.8 Å². The third kappa shape index (κ3) is 4.42. The summed E-state index contributed by atoms with van der Waals surface area (Å²) in [6, 6.07) is 27.9. The molecule has 0 amide bonds. The van der Waals surface area contributed by atoms with E-state index in [0.29, 0.717) is 29.0 Å². The van der Waals surface area contributed by atoms with Crippen molar-refractivity contribution in [3.05, 3.63) is 128 Å². The molecule has 0 aromatic heterocycles. The number of hydrogen-bond acceptors (Lipinski definition) is 5. The van der Waals surface area contributed by atoms with E-state index in [4.69, 9.17) is 9.47 Å². The van der Waals surface area contributed by atoms with Crippen LogP contribution in [0.5, 0.6) is 5.75 Å². The lowest BCUT2D eigenvalue weighted by Gasteiger charge is -2.29. The number of ether oxygens (including phenoxy) is 2. The van der Waals surface area contributed by atoms with Crippen LogP contribution in [0.2, 0.25) is 0 Å². The number of halogens is 1. The lowest BCUT2D eigenvalue weighted by Crippen LogP contribution is -2.29. The van der Waals surface area contributed by atoms with Crippen molar-refractivity contribution in [3.8, 4) is 5.75 Å². The minimum atomic E-state index is -0.555. The SMILES string of the molecule is CCOC(=O)C1=C(C)NC2=C(C(=O)c3ccccc32)[C@H]1c1ccc(OCc2cccc3ccccc23)c(I)c1. The first-order chi connectivity index (χ1) is 19.0. The van der Waals surface area contributed by atoms with Crippen LogP contribution in [0.3, 0.4) is 0 Å². The number of allylic oxidation sites excluding steroid dienone is 2. The van der Waals surface area contributed by atoms with Crippen molar-refractivity contribution in [1.82, 2.24) is 5.32 Å². The summed E-state index contributed by atoms with van der Waals surface area (Å²) >= 11 is 2.26. The lowest BCUT2D eigenvalue weighted by molar-refractivity contribution is -0.138. The molecule has 5 nitrogen and oxygen atoms in total. The van der Waals surface area contributed by atoms with Gasteiger partial charge in [0, 0.05) is 28.3 Å². The van der Waals surface area contributed by atoms with Crippen LogP contribution in [0.15, 0.2) is 102 Å². The van der Waals surface area contributed by atoms with Crippen LogP contribution in [0.25, 0.3) is 16.5 Å². The molecule has 4 aromatic rings. The number of carbonyl (C=O) groups excluding carboxylic acids is 2. The van der Waals surface area contributed by atoms with E-state index in [0.717, 1.165) is 31.7 Å². The third-order valence-electron chi connectivity index (χ3n) is 7.30. The molecule has 6 heteroatoms. The van der Waals surface area contributed by atoms with Gasteiger partial charge < -0.3 is 14.8 Å². The number of esters is 1. The molecule has 1 N–H and O–H groups in total. The van der Waals surface area contributed by atoms with Crippen molar-refractivity contribution >= 4 is 50.8 Å². The van der Waals surface area contributed by atoms with Crippen LogP contribution < -0.4 is 10.1 Å². The average molecular weight is 627 g/mol.